The normalized spacial score (nSPS) is 17.3. The Morgan fingerprint density at radius 3 is 1.96 bits per heavy atom. The van der Waals surface area contributed by atoms with Crippen molar-refractivity contribution in [2.45, 2.75) is 91.6 Å². The van der Waals surface area contributed by atoms with Gasteiger partial charge in [0.05, 0.1) is 12.7 Å². The van der Waals surface area contributed by atoms with Crippen molar-refractivity contribution in [1.82, 2.24) is 0 Å². The molecule has 5 heteroatoms. The highest BCUT2D eigenvalue weighted by molar-refractivity contribution is 5.25. The monoisotopic (exact) mass is 394 g/mol. The fourth-order valence-corrected chi connectivity index (χ4v) is 2.74. The SMILES string of the molecule is C=C(CCC)C(F)(F)C(F)(F)C(=C)C(C)COC(C)C(C)CCC(C)CC. The van der Waals surface area contributed by atoms with Crippen LogP contribution in [-0.4, -0.2) is 24.6 Å². The van der Waals surface area contributed by atoms with E-state index in [-0.39, 0.29) is 25.0 Å². The van der Waals surface area contributed by atoms with E-state index >= 15 is 0 Å². The molecule has 1 nitrogen and oxygen atoms in total. The van der Waals surface area contributed by atoms with E-state index in [9.17, 15) is 17.6 Å². The van der Waals surface area contributed by atoms with E-state index in [1.54, 1.807) is 6.92 Å². The number of hydrogen-bond donors (Lipinski definition) is 0. The molecule has 0 spiro atoms. The second kappa shape index (κ2) is 11.2. The molecule has 0 aliphatic carbocycles. The molecule has 0 N–H and O–H groups in total. The summed E-state index contributed by atoms with van der Waals surface area (Å²) >= 11 is 0. The second-order valence-corrected chi connectivity index (χ2v) is 8.04. The summed E-state index contributed by atoms with van der Waals surface area (Å²) in [5.41, 5.74) is -1.56. The molecular weight excluding hydrogens is 356 g/mol. The molecule has 0 bridgehead atoms. The third kappa shape index (κ3) is 7.24. The van der Waals surface area contributed by atoms with Crippen molar-refractivity contribution in [2.75, 3.05) is 6.61 Å². The van der Waals surface area contributed by atoms with Crippen LogP contribution in [0.15, 0.2) is 24.3 Å². The predicted octanol–water partition coefficient (Wildman–Crippen LogP) is 7.67. The van der Waals surface area contributed by atoms with E-state index < -0.39 is 28.9 Å². The van der Waals surface area contributed by atoms with Crippen LogP contribution in [0.2, 0.25) is 0 Å². The maximum Gasteiger partial charge on any atom is 0.335 e. The maximum atomic E-state index is 14.4. The molecular formula is C22H38F4O. The van der Waals surface area contributed by atoms with Gasteiger partial charge in [-0.2, -0.15) is 17.6 Å². The van der Waals surface area contributed by atoms with Gasteiger partial charge in [-0.05, 0) is 37.2 Å². The Morgan fingerprint density at radius 1 is 0.926 bits per heavy atom. The summed E-state index contributed by atoms with van der Waals surface area (Å²) in [7, 11) is 0. The predicted molar refractivity (Wildman–Crippen MR) is 106 cm³/mol. The Labute approximate surface area is 163 Å². The topological polar surface area (TPSA) is 9.23 Å². The van der Waals surface area contributed by atoms with Gasteiger partial charge < -0.3 is 4.74 Å². The first-order chi connectivity index (χ1) is 12.3. The molecule has 0 amide bonds. The van der Waals surface area contributed by atoms with Crippen LogP contribution in [0.3, 0.4) is 0 Å². The number of allylic oxidation sites excluding steroid dienone is 1. The Morgan fingerprint density at radius 2 is 1.48 bits per heavy atom. The van der Waals surface area contributed by atoms with E-state index in [1.165, 1.54) is 6.92 Å². The van der Waals surface area contributed by atoms with E-state index in [2.05, 4.69) is 33.9 Å². The Bertz CT molecular complexity index is 473. The largest absolute Gasteiger partial charge is 0.378 e. The zero-order valence-corrected chi connectivity index (χ0v) is 17.9. The zero-order valence-electron chi connectivity index (χ0n) is 17.9. The summed E-state index contributed by atoms with van der Waals surface area (Å²) in [4.78, 5) is 0. The smallest absolute Gasteiger partial charge is 0.335 e. The molecule has 0 saturated carbocycles. The summed E-state index contributed by atoms with van der Waals surface area (Å²) in [6.45, 7) is 17.8. The summed E-state index contributed by atoms with van der Waals surface area (Å²) in [6, 6.07) is 0. The highest BCUT2D eigenvalue weighted by Gasteiger charge is 2.59. The maximum absolute atomic E-state index is 14.4. The molecule has 0 aliphatic rings. The number of alkyl halides is 4. The van der Waals surface area contributed by atoms with Gasteiger partial charge in [-0.25, -0.2) is 0 Å². The minimum absolute atomic E-state index is 0.0560. The highest BCUT2D eigenvalue weighted by atomic mass is 19.3. The molecule has 0 aliphatic heterocycles. The van der Waals surface area contributed by atoms with E-state index in [4.69, 9.17) is 4.74 Å². The lowest BCUT2D eigenvalue weighted by molar-refractivity contribution is -0.167. The van der Waals surface area contributed by atoms with Gasteiger partial charge in [-0.15, -0.1) is 0 Å². The Hall–Kier alpha value is -0.840. The number of halogens is 4. The Balaban J connectivity index is 4.78. The third-order valence-electron chi connectivity index (χ3n) is 5.61. The van der Waals surface area contributed by atoms with Crippen LogP contribution in [-0.2, 0) is 4.74 Å². The van der Waals surface area contributed by atoms with Crippen molar-refractivity contribution in [1.29, 1.82) is 0 Å². The van der Waals surface area contributed by atoms with Gasteiger partial charge in [0.15, 0.2) is 0 Å². The summed E-state index contributed by atoms with van der Waals surface area (Å²) < 4.78 is 62.8. The highest BCUT2D eigenvalue weighted by Crippen LogP contribution is 2.46. The van der Waals surface area contributed by atoms with Crippen molar-refractivity contribution in [3.05, 3.63) is 24.3 Å². The van der Waals surface area contributed by atoms with Crippen LogP contribution in [0.25, 0.3) is 0 Å². The van der Waals surface area contributed by atoms with Crippen LogP contribution in [0.1, 0.15) is 73.6 Å². The standard InChI is InChI=1S/C22H38F4O/c1-9-11-18(6)21(23,24)22(25,26)19(7)17(5)14-27-20(8)16(4)13-12-15(3)10-2/h15-17,20H,6-7,9-14H2,1-5,8H3. The molecule has 160 valence electrons. The molecule has 0 rings (SSSR count). The molecule has 27 heavy (non-hydrogen) atoms. The van der Waals surface area contributed by atoms with Crippen LogP contribution in [0, 0.1) is 17.8 Å². The van der Waals surface area contributed by atoms with E-state index in [0.717, 1.165) is 19.3 Å². The first-order valence-electron chi connectivity index (χ1n) is 10.1. The number of hydrogen-bond acceptors (Lipinski definition) is 1. The molecule has 0 aromatic heterocycles. The van der Waals surface area contributed by atoms with Gasteiger partial charge in [-0.1, -0.05) is 67.0 Å². The van der Waals surface area contributed by atoms with Gasteiger partial charge >= 0.3 is 11.8 Å². The molecule has 0 aromatic rings. The van der Waals surface area contributed by atoms with Crippen LogP contribution < -0.4 is 0 Å². The van der Waals surface area contributed by atoms with Crippen molar-refractivity contribution in [3.8, 4) is 0 Å². The lowest BCUT2D eigenvalue weighted by atomic mass is 9.89. The summed E-state index contributed by atoms with van der Waals surface area (Å²) in [6.07, 6.45) is 3.24. The molecule has 0 radical (unpaired) electrons. The second-order valence-electron chi connectivity index (χ2n) is 8.04. The van der Waals surface area contributed by atoms with Crippen molar-refractivity contribution < 1.29 is 22.3 Å². The average molecular weight is 395 g/mol. The van der Waals surface area contributed by atoms with Gasteiger partial charge in [0.2, 0.25) is 0 Å². The number of rotatable bonds is 14. The first-order valence-corrected chi connectivity index (χ1v) is 10.1. The fourth-order valence-electron chi connectivity index (χ4n) is 2.74. The average Bonchev–Trinajstić information content (AvgIpc) is 2.62. The van der Waals surface area contributed by atoms with Crippen LogP contribution in [0.5, 0.6) is 0 Å². The van der Waals surface area contributed by atoms with Gasteiger partial charge in [0.1, 0.15) is 0 Å². The van der Waals surface area contributed by atoms with Crippen LogP contribution in [0.4, 0.5) is 17.6 Å². The first kappa shape index (κ1) is 26.2. The van der Waals surface area contributed by atoms with Gasteiger partial charge in [0, 0.05) is 11.5 Å². The third-order valence-corrected chi connectivity index (χ3v) is 5.61. The lowest BCUT2D eigenvalue weighted by Crippen LogP contribution is -2.45. The number of ether oxygens (including phenoxy) is 1. The lowest BCUT2D eigenvalue weighted by Gasteiger charge is -2.32. The Kier molecular flexibility index (Phi) is 10.9. The van der Waals surface area contributed by atoms with E-state index in [1.807, 2.05) is 6.92 Å². The van der Waals surface area contributed by atoms with Gasteiger partial charge in [0.25, 0.3) is 0 Å². The fraction of sp³-hybridized carbons (Fsp3) is 0.818. The molecule has 4 unspecified atom stereocenters. The van der Waals surface area contributed by atoms with Crippen molar-refractivity contribution in [3.63, 3.8) is 0 Å². The van der Waals surface area contributed by atoms with Crippen LogP contribution >= 0.6 is 0 Å². The quantitative estimate of drug-likeness (QED) is 0.217. The minimum Gasteiger partial charge on any atom is -0.378 e. The zero-order chi connectivity index (χ0) is 21.4. The molecule has 0 aromatic carbocycles. The van der Waals surface area contributed by atoms with Gasteiger partial charge in [-0.3, -0.25) is 0 Å². The van der Waals surface area contributed by atoms with Crippen molar-refractivity contribution in [2.24, 2.45) is 17.8 Å². The molecule has 0 heterocycles. The molecule has 4 atom stereocenters. The minimum atomic E-state index is -4.34. The van der Waals surface area contributed by atoms with Crippen molar-refractivity contribution >= 4 is 0 Å². The molecule has 0 saturated heterocycles. The van der Waals surface area contributed by atoms with E-state index in [0.29, 0.717) is 12.3 Å². The summed E-state index contributed by atoms with van der Waals surface area (Å²) in [5.74, 6) is -8.62. The molecule has 0 fully saturated rings. The summed E-state index contributed by atoms with van der Waals surface area (Å²) in [5, 5.41) is 0.